The molecule has 12 heteroatoms. The van der Waals surface area contributed by atoms with Crippen molar-refractivity contribution >= 4 is 17.9 Å². The minimum absolute atomic E-state index is 0.0673. The Kier molecular flexibility index (Phi) is 16.8. The summed E-state index contributed by atoms with van der Waals surface area (Å²) < 4.78 is 47.7. The summed E-state index contributed by atoms with van der Waals surface area (Å²) in [4.78, 5) is 35.6. The van der Waals surface area contributed by atoms with Crippen LogP contribution in [0.15, 0.2) is 0 Å². The van der Waals surface area contributed by atoms with Crippen molar-refractivity contribution in [1.29, 1.82) is 0 Å². The number of rotatable bonds is 15. The Labute approximate surface area is 372 Å². The normalized spacial score (nSPS) is 43.0. The lowest BCUT2D eigenvalue weighted by molar-refractivity contribution is -0.159. The number of ether oxygens (including phenoxy) is 9. The summed E-state index contributed by atoms with van der Waals surface area (Å²) in [6.07, 6.45) is 12.6. The molecule has 9 rings (SSSR count). The predicted molar refractivity (Wildman–Crippen MR) is 231 cm³/mol. The number of hydrogen-bond acceptors (Lipinski definition) is 12. The number of carbonyl (C=O) groups is 3. The molecular formula is C50H82O12. The summed E-state index contributed by atoms with van der Waals surface area (Å²) >= 11 is 0. The van der Waals surface area contributed by atoms with E-state index in [1.807, 2.05) is 13.8 Å². The molecule has 0 aromatic rings. The van der Waals surface area contributed by atoms with Gasteiger partial charge in [0.05, 0.1) is 19.8 Å². The predicted octanol–water partition coefficient (Wildman–Crippen LogP) is 8.61. The summed E-state index contributed by atoms with van der Waals surface area (Å²) in [6, 6.07) is 0. The molecule has 354 valence electrons. The van der Waals surface area contributed by atoms with Crippen LogP contribution in [0.3, 0.4) is 0 Å². The monoisotopic (exact) mass is 875 g/mol. The molecule has 6 saturated carbocycles. The molecule has 3 saturated heterocycles. The van der Waals surface area contributed by atoms with E-state index in [-0.39, 0.29) is 36.2 Å². The zero-order valence-corrected chi connectivity index (χ0v) is 39.4. The van der Waals surface area contributed by atoms with E-state index < -0.39 is 5.79 Å². The van der Waals surface area contributed by atoms with Gasteiger partial charge in [-0.25, -0.2) is 0 Å². The van der Waals surface area contributed by atoms with Crippen LogP contribution in [0.1, 0.15) is 132 Å². The number of hydrogen-bond donors (Lipinski definition) is 0. The zero-order chi connectivity index (χ0) is 44.1. The molecule has 9 aliphatic rings. The van der Waals surface area contributed by atoms with Gasteiger partial charge < -0.3 is 42.6 Å². The van der Waals surface area contributed by atoms with E-state index >= 15 is 0 Å². The molecule has 9 fully saturated rings. The van der Waals surface area contributed by atoms with Crippen LogP contribution in [0.2, 0.25) is 0 Å². The van der Waals surface area contributed by atoms with Crippen LogP contribution in [0.25, 0.3) is 0 Å². The highest BCUT2D eigenvalue weighted by atomic mass is 16.8. The van der Waals surface area contributed by atoms with Gasteiger partial charge in [0.2, 0.25) is 0 Å². The van der Waals surface area contributed by atoms with Gasteiger partial charge in [0.15, 0.2) is 5.79 Å². The molecule has 3 aliphatic heterocycles. The largest absolute Gasteiger partial charge is 0.463 e. The third-order valence-electron chi connectivity index (χ3n) is 17.9. The SMILES string of the molecule is CC1C2CC(CC(=O)OCC3COC(C)(C)O3)C(C2)C1C.CC1C2CC(CCC(=O)OCC3COCO3)C(C2)C1C.CC1C2CC(CCCC(=O)OCC3COCO3)C(C2)C1C. The lowest BCUT2D eigenvalue weighted by atomic mass is 9.74. The van der Waals surface area contributed by atoms with Gasteiger partial charge in [-0.15, -0.1) is 0 Å². The molecule has 0 amide bonds. The number of carbonyl (C=O) groups excluding carboxylic acids is 3. The fraction of sp³-hybridized carbons (Fsp3) is 0.940. The average molecular weight is 875 g/mol. The average Bonchev–Trinajstić information content (AvgIpc) is 4.10. The Bertz CT molecular complexity index is 1450. The smallest absolute Gasteiger partial charge is 0.306 e. The molecule has 0 aromatic carbocycles. The van der Waals surface area contributed by atoms with E-state index in [9.17, 15) is 14.4 Å². The van der Waals surface area contributed by atoms with Crippen molar-refractivity contribution in [3.8, 4) is 0 Å². The molecule has 6 bridgehead atoms. The van der Waals surface area contributed by atoms with Crippen LogP contribution in [-0.4, -0.2) is 95.2 Å². The van der Waals surface area contributed by atoms with E-state index in [2.05, 4.69) is 41.5 Å². The van der Waals surface area contributed by atoms with Crippen molar-refractivity contribution in [2.24, 2.45) is 88.8 Å². The Morgan fingerprint density at radius 2 is 0.968 bits per heavy atom. The second kappa shape index (κ2) is 21.6. The van der Waals surface area contributed by atoms with Crippen LogP contribution >= 0.6 is 0 Å². The van der Waals surface area contributed by atoms with E-state index in [0.717, 1.165) is 95.7 Å². The van der Waals surface area contributed by atoms with Crippen molar-refractivity contribution in [1.82, 2.24) is 0 Å². The molecule has 18 unspecified atom stereocenters. The van der Waals surface area contributed by atoms with Gasteiger partial charge in [0.25, 0.3) is 0 Å². The second-order valence-corrected chi connectivity index (χ2v) is 21.8. The molecule has 3 heterocycles. The van der Waals surface area contributed by atoms with Crippen molar-refractivity contribution in [3.05, 3.63) is 0 Å². The maximum Gasteiger partial charge on any atom is 0.306 e. The van der Waals surface area contributed by atoms with E-state index in [0.29, 0.717) is 78.4 Å². The third kappa shape index (κ3) is 12.1. The Morgan fingerprint density at radius 3 is 1.42 bits per heavy atom. The fourth-order valence-electron chi connectivity index (χ4n) is 13.8. The minimum Gasteiger partial charge on any atom is -0.463 e. The van der Waals surface area contributed by atoms with E-state index in [4.69, 9.17) is 42.6 Å². The maximum atomic E-state index is 12.1. The van der Waals surface area contributed by atoms with Crippen LogP contribution < -0.4 is 0 Å². The number of esters is 3. The zero-order valence-electron chi connectivity index (χ0n) is 39.4. The van der Waals surface area contributed by atoms with Gasteiger partial charge in [-0.05, 0) is 160 Å². The van der Waals surface area contributed by atoms with Crippen LogP contribution in [0, 0.1) is 88.8 Å². The van der Waals surface area contributed by atoms with Gasteiger partial charge in [-0.3, -0.25) is 14.4 Å². The summed E-state index contributed by atoms with van der Waals surface area (Å²) in [5.74, 6) is 11.6. The topological polar surface area (TPSA) is 134 Å². The number of fused-ring (bicyclic) bond motifs is 6. The minimum atomic E-state index is -0.548. The second-order valence-electron chi connectivity index (χ2n) is 21.8. The van der Waals surface area contributed by atoms with Crippen LogP contribution in [-0.2, 0) is 57.0 Å². The highest BCUT2D eigenvalue weighted by Crippen LogP contribution is 2.58. The van der Waals surface area contributed by atoms with Crippen molar-refractivity contribution in [3.63, 3.8) is 0 Å². The molecule has 12 nitrogen and oxygen atoms in total. The van der Waals surface area contributed by atoms with Crippen molar-refractivity contribution < 1.29 is 57.0 Å². The molecule has 0 N–H and O–H groups in total. The molecule has 6 aliphatic carbocycles. The highest BCUT2D eigenvalue weighted by Gasteiger charge is 2.50. The Balaban J connectivity index is 0.000000140. The molecule has 62 heavy (non-hydrogen) atoms. The molecule has 0 radical (unpaired) electrons. The first kappa shape index (κ1) is 48.1. The van der Waals surface area contributed by atoms with Gasteiger partial charge in [0.1, 0.15) is 51.7 Å². The van der Waals surface area contributed by atoms with Gasteiger partial charge in [0, 0.05) is 19.3 Å². The molecular weight excluding hydrogens is 793 g/mol. The first-order valence-corrected chi connectivity index (χ1v) is 24.8. The van der Waals surface area contributed by atoms with E-state index in [1.165, 1.54) is 44.9 Å². The lowest BCUT2D eigenvalue weighted by Crippen LogP contribution is -2.28. The quantitative estimate of drug-likeness (QED) is 0.115. The van der Waals surface area contributed by atoms with Crippen LogP contribution in [0.5, 0.6) is 0 Å². The first-order chi connectivity index (χ1) is 29.7. The first-order valence-electron chi connectivity index (χ1n) is 24.8. The van der Waals surface area contributed by atoms with Gasteiger partial charge in [-0.2, -0.15) is 0 Å². The summed E-state index contributed by atoms with van der Waals surface area (Å²) in [5, 5.41) is 0. The lowest BCUT2D eigenvalue weighted by Gasteiger charge is -2.31. The van der Waals surface area contributed by atoms with Crippen molar-refractivity contribution in [2.75, 3.05) is 53.2 Å². The van der Waals surface area contributed by atoms with Gasteiger partial charge >= 0.3 is 17.9 Å². The molecule has 18 atom stereocenters. The summed E-state index contributed by atoms with van der Waals surface area (Å²) in [7, 11) is 0. The Hall–Kier alpha value is -1.83. The molecule has 0 spiro atoms. The van der Waals surface area contributed by atoms with Gasteiger partial charge in [-0.1, -0.05) is 41.5 Å². The standard InChI is InChI=1S/2C17H28O4.C16H26O4/c1-10-11(2)15-6-12(10)5-13(15)7-16(18)19-8-14-9-20-17(3,4)21-14;1-11-12(2)16-7-14(11)6-13(16)4-3-5-17(18)20-9-15-8-19-10-21-15;1-10-11(2)15-6-13(10)5-12(15)3-4-16(17)19-8-14-7-18-9-20-14/h10-15H,5-9H2,1-4H3;11-16H,3-10H2,1-2H3;10-15H,3-9H2,1-2H3. The summed E-state index contributed by atoms with van der Waals surface area (Å²) in [5.41, 5.74) is 0. The van der Waals surface area contributed by atoms with Crippen molar-refractivity contribution in [2.45, 2.75) is 157 Å². The van der Waals surface area contributed by atoms with Crippen LogP contribution in [0.4, 0.5) is 0 Å². The maximum absolute atomic E-state index is 12.1. The van der Waals surface area contributed by atoms with E-state index in [1.54, 1.807) is 0 Å². The fourth-order valence-corrected chi connectivity index (χ4v) is 13.8. The Morgan fingerprint density at radius 1 is 0.516 bits per heavy atom. The third-order valence-corrected chi connectivity index (χ3v) is 17.9. The summed E-state index contributed by atoms with van der Waals surface area (Å²) in [6.45, 7) is 21.3. The highest BCUT2D eigenvalue weighted by molar-refractivity contribution is 5.70. The molecule has 0 aromatic heterocycles.